The smallest absolute Gasteiger partial charge is 0.166 e. The maximum absolute atomic E-state index is 4.59. The first-order chi connectivity index (χ1) is 10.3. The van der Waals surface area contributed by atoms with Gasteiger partial charge in [-0.25, -0.2) is 9.97 Å². The number of aryl methyl sites for hydroxylation is 1. The first kappa shape index (κ1) is 12.5. The number of hydrogen-bond acceptors (Lipinski definition) is 3. The summed E-state index contributed by atoms with van der Waals surface area (Å²) < 4.78 is 2.07. The molecule has 21 heavy (non-hydrogen) atoms. The number of rotatable bonds is 3. The lowest BCUT2D eigenvalue weighted by Crippen LogP contribution is -1.90. The molecule has 5 heteroatoms. The Bertz CT molecular complexity index is 889. The van der Waals surface area contributed by atoms with Crippen LogP contribution >= 0.6 is 11.8 Å². The van der Waals surface area contributed by atoms with Crippen LogP contribution in [0.15, 0.2) is 53.9 Å². The Kier molecular flexibility index (Phi) is 2.93. The molecule has 4 nitrogen and oxygen atoms in total. The Labute approximate surface area is 126 Å². The molecular formula is C16H14N4S. The molecule has 0 saturated heterocycles. The molecular weight excluding hydrogens is 280 g/mol. The van der Waals surface area contributed by atoms with Gasteiger partial charge in [-0.1, -0.05) is 30.0 Å². The van der Waals surface area contributed by atoms with Gasteiger partial charge in [-0.15, -0.1) is 0 Å². The summed E-state index contributed by atoms with van der Waals surface area (Å²) in [6.07, 6.45) is 4.08. The topological polar surface area (TPSA) is 46.0 Å². The number of pyridine rings is 1. The van der Waals surface area contributed by atoms with Gasteiger partial charge in [0, 0.05) is 23.7 Å². The zero-order chi connectivity index (χ0) is 14.2. The fourth-order valence-electron chi connectivity index (χ4n) is 2.45. The third-order valence-electron chi connectivity index (χ3n) is 3.42. The van der Waals surface area contributed by atoms with E-state index in [0.29, 0.717) is 0 Å². The number of imidazole rings is 2. The molecule has 0 aliphatic heterocycles. The zero-order valence-electron chi connectivity index (χ0n) is 11.6. The molecule has 0 unspecified atom stereocenters. The average molecular weight is 294 g/mol. The van der Waals surface area contributed by atoms with Crippen molar-refractivity contribution < 1.29 is 0 Å². The molecule has 0 aliphatic rings. The van der Waals surface area contributed by atoms with Crippen LogP contribution in [0.4, 0.5) is 0 Å². The van der Waals surface area contributed by atoms with Crippen LogP contribution in [0.1, 0.15) is 11.3 Å². The van der Waals surface area contributed by atoms with Crippen LogP contribution in [0.5, 0.6) is 0 Å². The number of benzene rings is 1. The van der Waals surface area contributed by atoms with E-state index in [1.807, 2.05) is 43.6 Å². The lowest BCUT2D eigenvalue weighted by atomic mass is 10.3. The van der Waals surface area contributed by atoms with Crippen molar-refractivity contribution in [3.8, 4) is 0 Å². The van der Waals surface area contributed by atoms with E-state index in [1.54, 1.807) is 11.8 Å². The second-order valence-electron chi connectivity index (χ2n) is 4.99. The number of hydrogen-bond donors (Lipinski definition) is 1. The minimum absolute atomic E-state index is 0.848. The summed E-state index contributed by atoms with van der Waals surface area (Å²) in [6.45, 7) is 2.02. The van der Waals surface area contributed by atoms with Crippen molar-refractivity contribution in [3.05, 3.63) is 60.0 Å². The monoisotopic (exact) mass is 294 g/mol. The number of nitrogens with zero attached hydrogens (tertiary/aromatic N) is 3. The molecule has 0 atom stereocenters. The number of aromatic amines is 1. The summed E-state index contributed by atoms with van der Waals surface area (Å²) in [7, 11) is 0. The summed E-state index contributed by atoms with van der Waals surface area (Å²) in [5.74, 6) is 0.848. The largest absolute Gasteiger partial charge is 0.333 e. The van der Waals surface area contributed by atoms with Crippen LogP contribution in [0, 0.1) is 6.92 Å². The number of fused-ring (bicyclic) bond motifs is 2. The van der Waals surface area contributed by atoms with E-state index in [0.717, 1.165) is 33.3 Å². The maximum Gasteiger partial charge on any atom is 0.166 e. The van der Waals surface area contributed by atoms with Gasteiger partial charge < -0.3 is 9.38 Å². The number of H-pyrrole nitrogens is 1. The van der Waals surface area contributed by atoms with Gasteiger partial charge in [0.25, 0.3) is 0 Å². The van der Waals surface area contributed by atoms with Crippen molar-refractivity contribution in [2.75, 3.05) is 0 Å². The van der Waals surface area contributed by atoms with Crippen LogP contribution in [-0.4, -0.2) is 19.4 Å². The number of thioether (sulfide) groups is 1. The van der Waals surface area contributed by atoms with E-state index in [9.17, 15) is 0 Å². The van der Waals surface area contributed by atoms with E-state index in [1.165, 1.54) is 5.56 Å². The van der Waals surface area contributed by atoms with Gasteiger partial charge in [0.2, 0.25) is 0 Å². The van der Waals surface area contributed by atoms with Crippen molar-refractivity contribution in [2.45, 2.75) is 17.8 Å². The second kappa shape index (κ2) is 4.93. The maximum atomic E-state index is 4.59. The molecule has 1 aromatic carbocycles. The van der Waals surface area contributed by atoms with Gasteiger partial charge in [0.15, 0.2) is 5.16 Å². The molecule has 4 aromatic rings. The zero-order valence-corrected chi connectivity index (χ0v) is 12.4. The Hall–Kier alpha value is -2.27. The van der Waals surface area contributed by atoms with Crippen molar-refractivity contribution in [3.63, 3.8) is 0 Å². The highest BCUT2D eigenvalue weighted by molar-refractivity contribution is 7.98. The summed E-state index contributed by atoms with van der Waals surface area (Å²) in [5.41, 5.74) is 5.37. The molecule has 3 aromatic heterocycles. The van der Waals surface area contributed by atoms with Crippen LogP contribution < -0.4 is 0 Å². The van der Waals surface area contributed by atoms with Gasteiger partial charge >= 0.3 is 0 Å². The quantitative estimate of drug-likeness (QED) is 0.584. The molecule has 4 rings (SSSR count). The van der Waals surface area contributed by atoms with E-state index >= 15 is 0 Å². The molecule has 0 amide bonds. The van der Waals surface area contributed by atoms with E-state index in [4.69, 9.17) is 0 Å². The van der Waals surface area contributed by atoms with Gasteiger partial charge in [0.1, 0.15) is 5.65 Å². The molecule has 0 radical (unpaired) electrons. The molecule has 3 heterocycles. The van der Waals surface area contributed by atoms with Crippen molar-refractivity contribution in [2.24, 2.45) is 0 Å². The first-order valence-corrected chi connectivity index (χ1v) is 7.79. The highest BCUT2D eigenvalue weighted by atomic mass is 32.2. The van der Waals surface area contributed by atoms with Crippen LogP contribution in [-0.2, 0) is 5.75 Å². The van der Waals surface area contributed by atoms with Gasteiger partial charge in [-0.3, -0.25) is 0 Å². The molecule has 0 fully saturated rings. The average Bonchev–Trinajstić information content (AvgIpc) is 3.06. The van der Waals surface area contributed by atoms with Crippen molar-refractivity contribution >= 4 is 28.4 Å². The number of aromatic nitrogens is 4. The summed E-state index contributed by atoms with van der Waals surface area (Å²) in [5, 5.41) is 0.946. The van der Waals surface area contributed by atoms with Gasteiger partial charge in [-0.05, 0) is 25.1 Å². The standard InChI is InChI=1S/C16H14N4S/c1-11-9-20-8-4-5-12(15(20)17-11)10-21-16-18-13-6-2-3-7-14(13)19-16/h2-9H,10H2,1H3,(H,18,19). The minimum atomic E-state index is 0.848. The lowest BCUT2D eigenvalue weighted by molar-refractivity contribution is 1.08. The van der Waals surface area contributed by atoms with Crippen LogP contribution in [0.2, 0.25) is 0 Å². The van der Waals surface area contributed by atoms with E-state index in [-0.39, 0.29) is 0 Å². The fourth-order valence-corrected chi connectivity index (χ4v) is 3.31. The minimum Gasteiger partial charge on any atom is -0.333 e. The number of nitrogens with one attached hydrogen (secondary N) is 1. The van der Waals surface area contributed by atoms with Crippen LogP contribution in [0.3, 0.4) is 0 Å². The molecule has 0 bridgehead atoms. The Morgan fingerprint density at radius 1 is 1.14 bits per heavy atom. The third-order valence-corrected chi connectivity index (χ3v) is 4.34. The predicted octanol–water partition coefficient (Wildman–Crippen LogP) is 3.81. The van der Waals surface area contributed by atoms with Crippen LogP contribution in [0.25, 0.3) is 16.7 Å². The van der Waals surface area contributed by atoms with Crippen molar-refractivity contribution in [1.82, 2.24) is 19.4 Å². The van der Waals surface area contributed by atoms with E-state index < -0.39 is 0 Å². The highest BCUT2D eigenvalue weighted by Gasteiger charge is 2.07. The summed E-state index contributed by atoms with van der Waals surface area (Å²) in [6, 6.07) is 12.3. The summed E-state index contributed by atoms with van der Waals surface area (Å²) in [4.78, 5) is 12.5. The van der Waals surface area contributed by atoms with Gasteiger partial charge in [0.05, 0.1) is 16.7 Å². The predicted molar refractivity (Wildman–Crippen MR) is 85.6 cm³/mol. The first-order valence-electron chi connectivity index (χ1n) is 6.80. The Balaban J connectivity index is 1.63. The Morgan fingerprint density at radius 2 is 2.05 bits per heavy atom. The Morgan fingerprint density at radius 3 is 2.95 bits per heavy atom. The highest BCUT2D eigenvalue weighted by Crippen LogP contribution is 2.24. The fraction of sp³-hybridized carbons (Fsp3) is 0.125. The molecule has 0 spiro atoms. The van der Waals surface area contributed by atoms with Gasteiger partial charge in [-0.2, -0.15) is 0 Å². The molecule has 1 N–H and O–H groups in total. The number of para-hydroxylation sites is 2. The lowest BCUT2D eigenvalue weighted by Gasteiger charge is -2.01. The molecule has 0 saturated carbocycles. The van der Waals surface area contributed by atoms with Crippen molar-refractivity contribution in [1.29, 1.82) is 0 Å². The normalized spacial score (nSPS) is 11.5. The molecule has 0 aliphatic carbocycles. The third kappa shape index (κ3) is 2.29. The summed E-state index contributed by atoms with van der Waals surface area (Å²) >= 11 is 1.70. The SMILES string of the molecule is Cc1cn2cccc(CSc3nc4ccccc4[nH]3)c2n1. The van der Waals surface area contributed by atoms with E-state index in [2.05, 4.69) is 31.5 Å². The molecule has 104 valence electrons. The second-order valence-corrected chi connectivity index (χ2v) is 5.96.